The van der Waals surface area contributed by atoms with E-state index in [0.29, 0.717) is 12.5 Å². The van der Waals surface area contributed by atoms with Crippen molar-refractivity contribution in [3.63, 3.8) is 0 Å². The summed E-state index contributed by atoms with van der Waals surface area (Å²) < 4.78 is 0. The van der Waals surface area contributed by atoms with Crippen LogP contribution in [-0.4, -0.2) is 80.0 Å². The quantitative estimate of drug-likeness (QED) is 0.675. The van der Waals surface area contributed by atoms with E-state index in [-0.39, 0.29) is 12.0 Å². The molecule has 0 radical (unpaired) electrons. The van der Waals surface area contributed by atoms with E-state index in [0.717, 1.165) is 39.1 Å². The first kappa shape index (κ1) is 12.8. The molecule has 1 amide bonds. The highest BCUT2D eigenvalue weighted by Crippen LogP contribution is 2.20. The Bertz CT molecular complexity index is 284. The third kappa shape index (κ3) is 2.78. The van der Waals surface area contributed by atoms with Crippen LogP contribution in [0, 0.1) is 5.92 Å². The lowest BCUT2D eigenvalue weighted by Crippen LogP contribution is -2.58. The highest BCUT2D eigenvalue weighted by molar-refractivity contribution is 5.80. The van der Waals surface area contributed by atoms with E-state index in [2.05, 4.69) is 23.9 Å². The Balaban J connectivity index is 1.98. The number of amides is 1. The van der Waals surface area contributed by atoms with Crippen LogP contribution in [0.5, 0.6) is 0 Å². The van der Waals surface area contributed by atoms with E-state index in [9.17, 15) is 4.79 Å². The van der Waals surface area contributed by atoms with Crippen LogP contribution >= 0.6 is 0 Å². The first-order chi connectivity index (χ1) is 8.11. The molecule has 0 aliphatic carbocycles. The van der Waals surface area contributed by atoms with Gasteiger partial charge in [-0.15, -0.1) is 0 Å². The Kier molecular flexibility index (Phi) is 4.01. The van der Waals surface area contributed by atoms with Crippen molar-refractivity contribution in [2.75, 3.05) is 53.4 Å². The molecular formula is C12H24N4O. The molecule has 0 saturated carbocycles. The predicted molar refractivity (Wildman–Crippen MR) is 67.7 cm³/mol. The maximum atomic E-state index is 12.4. The zero-order valence-corrected chi connectivity index (χ0v) is 10.9. The molecule has 2 fully saturated rings. The summed E-state index contributed by atoms with van der Waals surface area (Å²) in [7, 11) is 4.17. The molecule has 0 aromatic heterocycles. The maximum absolute atomic E-state index is 12.4. The molecule has 2 atom stereocenters. The smallest absolute Gasteiger partial charge is 0.227 e. The second-order valence-electron chi connectivity index (χ2n) is 5.43. The van der Waals surface area contributed by atoms with Crippen molar-refractivity contribution in [1.29, 1.82) is 0 Å². The molecule has 0 aromatic rings. The van der Waals surface area contributed by atoms with Crippen LogP contribution in [0.2, 0.25) is 0 Å². The Morgan fingerprint density at radius 1 is 1.18 bits per heavy atom. The predicted octanol–water partition coefficient (Wildman–Crippen LogP) is -0.961. The summed E-state index contributed by atoms with van der Waals surface area (Å²) in [6, 6.07) is 0.201. The third-order valence-corrected chi connectivity index (χ3v) is 3.98. The SMILES string of the molecule is CN1CCC(C(=O)N2CCN(C)CC2CN)C1. The number of hydrogen-bond acceptors (Lipinski definition) is 4. The molecule has 2 saturated heterocycles. The van der Waals surface area contributed by atoms with Crippen molar-refractivity contribution >= 4 is 5.91 Å². The normalized spacial score (nSPS) is 32.1. The summed E-state index contributed by atoms with van der Waals surface area (Å²) in [5.41, 5.74) is 5.79. The molecule has 98 valence electrons. The summed E-state index contributed by atoms with van der Waals surface area (Å²) in [4.78, 5) is 18.9. The van der Waals surface area contributed by atoms with Gasteiger partial charge in [-0.25, -0.2) is 0 Å². The van der Waals surface area contributed by atoms with Gasteiger partial charge in [0.05, 0.1) is 12.0 Å². The minimum atomic E-state index is 0.192. The van der Waals surface area contributed by atoms with Gasteiger partial charge in [-0.2, -0.15) is 0 Å². The van der Waals surface area contributed by atoms with Crippen LogP contribution in [-0.2, 0) is 4.79 Å². The third-order valence-electron chi connectivity index (χ3n) is 3.98. The Labute approximate surface area is 104 Å². The second kappa shape index (κ2) is 5.33. The lowest BCUT2D eigenvalue weighted by molar-refractivity contribution is -0.139. The van der Waals surface area contributed by atoms with Crippen molar-refractivity contribution in [3.8, 4) is 0 Å². The molecular weight excluding hydrogens is 216 g/mol. The molecule has 0 aromatic carbocycles. The highest BCUT2D eigenvalue weighted by atomic mass is 16.2. The summed E-state index contributed by atoms with van der Waals surface area (Å²) in [6.07, 6.45) is 0.999. The topological polar surface area (TPSA) is 52.8 Å². The van der Waals surface area contributed by atoms with Gasteiger partial charge >= 0.3 is 0 Å². The van der Waals surface area contributed by atoms with E-state index in [4.69, 9.17) is 5.73 Å². The number of carbonyl (C=O) groups is 1. The largest absolute Gasteiger partial charge is 0.336 e. The lowest BCUT2D eigenvalue weighted by atomic mass is 10.0. The van der Waals surface area contributed by atoms with Gasteiger partial charge in [0.25, 0.3) is 0 Å². The average Bonchev–Trinajstić information content (AvgIpc) is 2.75. The molecule has 2 heterocycles. The number of piperazine rings is 1. The van der Waals surface area contributed by atoms with Crippen LogP contribution in [0.25, 0.3) is 0 Å². The summed E-state index contributed by atoms with van der Waals surface area (Å²) in [6.45, 7) is 5.21. The van der Waals surface area contributed by atoms with E-state index in [1.54, 1.807) is 0 Å². The zero-order chi connectivity index (χ0) is 12.4. The monoisotopic (exact) mass is 240 g/mol. The minimum absolute atomic E-state index is 0.192. The van der Waals surface area contributed by atoms with Gasteiger partial charge in [0.15, 0.2) is 0 Å². The van der Waals surface area contributed by atoms with Crippen molar-refractivity contribution in [1.82, 2.24) is 14.7 Å². The Morgan fingerprint density at radius 2 is 1.88 bits per heavy atom. The lowest BCUT2D eigenvalue weighted by Gasteiger charge is -2.40. The molecule has 2 aliphatic rings. The second-order valence-corrected chi connectivity index (χ2v) is 5.43. The number of carbonyl (C=O) groups excluding carboxylic acids is 1. The molecule has 2 unspecified atom stereocenters. The summed E-state index contributed by atoms with van der Waals surface area (Å²) in [5, 5.41) is 0. The van der Waals surface area contributed by atoms with E-state index in [1.807, 2.05) is 4.90 Å². The molecule has 0 bridgehead atoms. The average molecular weight is 240 g/mol. The van der Waals surface area contributed by atoms with Crippen molar-refractivity contribution in [2.24, 2.45) is 11.7 Å². The first-order valence-corrected chi connectivity index (χ1v) is 6.49. The first-order valence-electron chi connectivity index (χ1n) is 6.49. The van der Waals surface area contributed by atoms with Crippen LogP contribution in [0.15, 0.2) is 0 Å². The van der Waals surface area contributed by atoms with Gasteiger partial charge in [-0.1, -0.05) is 0 Å². The maximum Gasteiger partial charge on any atom is 0.227 e. The number of rotatable bonds is 2. The van der Waals surface area contributed by atoms with Gasteiger partial charge in [0.2, 0.25) is 5.91 Å². The molecule has 0 spiro atoms. The molecule has 2 rings (SSSR count). The van der Waals surface area contributed by atoms with Gasteiger partial charge in [-0.05, 0) is 27.1 Å². The minimum Gasteiger partial charge on any atom is -0.336 e. The Morgan fingerprint density at radius 3 is 2.47 bits per heavy atom. The van der Waals surface area contributed by atoms with Crippen molar-refractivity contribution in [3.05, 3.63) is 0 Å². The molecule has 5 nitrogen and oxygen atoms in total. The molecule has 2 N–H and O–H groups in total. The van der Waals surface area contributed by atoms with E-state index < -0.39 is 0 Å². The Hall–Kier alpha value is -0.650. The van der Waals surface area contributed by atoms with Crippen LogP contribution < -0.4 is 5.73 Å². The van der Waals surface area contributed by atoms with Crippen molar-refractivity contribution < 1.29 is 4.79 Å². The standard InChI is InChI=1S/C12H24N4O/c1-14-4-3-10(8-14)12(17)16-6-5-15(2)9-11(16)7-13/h10-11H,3-9,13H2,1-2H3. The van der Waals surface area contributed by atoms with Gasteiger partial charge in [0.1, 0.15) is 0 Å². The van der Waals surface area contributed by atoms with Gasteiger partial charge in [-0.3, -0.25) is 4.79 Å². The van der Waals surface area contributed by atoms with Gasteiger partial charge < -0.3 is 20.4 Å². The van der Waals surface area contributed by atoms with Crippen LogP contribution in [0.1, 0.15) is 6.42 Å². The number of hydrogen-bond donors (Lipinski definition) is 1. The molecule has 17 heavy (non-hydrogen) atoms. The molecule has 2 aliphatic heterocycles. The van der Waals surface area contributed by atoms with Crippen LogP contribution in [0.3, 0.4) is 0 Å². The fourth-order valence-corrected chi connectivity index (χ4v) is 2.87. The fourth-order valence-electron chi connectivity index (χ4n) is 2.87. The number of nitrogens with zero attached hydrogens (tertiary/aromatic N) is 3. The van der Waals surface area contributed by atoms with E-state index in [1.165, 1.54) is 0 Å². The van der Waals surface area contributed by atoms with E-state index >= 15 is 0 Å². The number of likely N-dealkylation sites (N-methyl/N-ethyl adjacent to an activating group) is 1. The van der Waals surface area contributed by atoms with Crippen LogP contribution in [0.4, 0.5) is 0 Å². The fraction of sp³-hybridized carbons (Fsp3) is 0.917. The number of likely N-dealkylation sites (tertiary alicyclic amines) is 1. The van der Waals surface area contributed by atoms with Gasteiger partial charge in [0, 0.05) is 32.7 Å². The van der Waals surface area contributed by atoms with Crippen molar-refractivity contribution in [2.45, 2.75) is 12.5 Å². The summed E-state index contributed by atoms with van der Waals surface area (Å²) >= 11 is 0. The highest BCUT2D eigenvalue weighted by Gasteiger charge is 2.34. The summed E-state index contributed by atoms with van der Waals surface area (Å²) in [5.74, 6) is 0.510. The molecule has 5 heteroatoms. The zero-order valence-electron chi connectivity index (χ0n) is 10.9. The number of nitrogens with two attached hydrogens (primary N) is 1.